The van der Waals surface area contributed by atoms with Crippen LogP contribution in [0.4, 0.5) is 5.69 Å². The van der Waals surface area contributed by atoms with Crippen molar-refractivity contribution in [2.45, 2.75) is 32.6 Å². The molecule has 5 N–H and O–H groups in total. The van der Waals surface area contributed by atoms with E-state index in [2.05, 4.69) is 20.9 Å². The monoisotopic (exact) mass is 330 g/mol. The first-order valence-electron chi connectivity index (χ1n) is 7.63. The first kappa shape index (κ1) is 17.6. The number of nitrogens with one attached hydrogen (secondary N) is 3. The summed E-state index contributed by atoms with van der Waals surface area (Å²) in [4.78, 5) is 16.3. The fourth-order valence-corrected chi connectivity index (χ4v) is 2.54. The van der Waals surface area contributed by atoms with Gasteiger partial charge in [-0.1, -0.05) is 6.07 Å². The zero-order valence-corrected chi connectivity index (χ0v) is 14.0. The molecule has 1 saturated heterocycles. The number of hydrogen-bond acceptors (Lipinski definition) is 5. The minimum absolute atomic E-state index is 0.141. The molecule has 1 fully saturated rings. The summed E-state index contributed by atoms with van der Waals surface area (Å²) in [6, 6.07) is 7.49. The molecule has 2 rings (SSSR count). The van der Waals surface area contributed by atoms with Gasteiger partial charge in [0.15, 0.2) is 12.2 Å². The van der Waals surface area contributed by atoms with Gasteiger partial charge >= 0.3 is 0 Å². The second-order valence-electron chi connectivity index (χ2n) is 5.68. The first-order chi connectivity index (χ1) is 11.4. The number of aryl methyl sites for hydroxylation is 1. The highest BCUT2D eigenvalue weighted by Crippen LogP contribution is 2.25. The number of rotatable bonds is 4. The third-order valence-electron chi connectivity index (χ3n) is 3.84. The summed E-state index contributed by atoms with van der Waals surface area (Å²) >= 11 is 0. The molecule has 8 nitrogen and oxygen atoms in total. The van der Waals surface area contributed by atoms with Crippen LogP contribution in [0.2, 0.25) is 0 Å². The second kappa shape index (κ2) is 7.66. The summed E-state index contributed by atoms with van der Waals surface area (Å²) in [5.74, 6) is 0.175. The number of hydrogen-bond donors (Lipinski definition) is 4. The van der Waals surface area contributed by atoms with Crippen LogP contribution in [0.1, 0.15) is 18.9 Å². The van der Waals surface area contributed by atoms with Gasteiger partial charge in [-0.25, -0.2) is 4.99 Å². The van der Waals surface area contributed by atoms with Crippen molar-refractivity contribution in [2.24, 2.45) is 16.6 Å². The largest absolute Gasteiger partial charge is 0.495 e. The fraction of sp³-hybridized carbons (Fsp3) is 0.438. The number of nitrogens with zero attached hydrogens (tertiary/aromatic N) is 2. The van der Waals surface area contributed by atoms with Crippen molar-refractivity contribution in [1.29, 1.82) is 5.26 Å². The van der Waals surface area contributed by atoms with E-state index in [1.165, 1.54) is 0 Å². The third kappa shape index (κ3) is 4.14. The van der Waals surface area contributed by atoms with E-state index in [-0.39, 0.29) is 24.3 Å². The quantitative estimate of drug-likeness (QED) is 0.474. The summed E-state index contributed by atoms with van der Waals surface area (Å²) in [5, 5.41) is 17.6. The number of nitriles is 1. The zero-order valence-electron chi connectivity index (χ0n) is 14.0. The smallest absolute Gasteiger partial charge is 0.228 e. The Hall–Kier alpha value is -2.79. The summed E-state index contributed by atoms with van der Waals surface area (Å²) in [7, 11) is 1.57. The van der Waals surface area contributed by atoms with Gasteiger partial charge in [-0.05, 0) is 31.5 Å². The van der Waals surface area contributed by atoms with Crippen LogP contribution in [0.15, 0.2) is 23.2 Å². The van der Waals surface area contributed by atoms with E-state index in [4.69, 9.17) is 15.7 Å². The molecule has 0 bridgehead atoms. The van der Waals surface area contributed by atoms with Crippen LogP contribution in [0.3, 0.4) is 0 Å². The molecule has 0 aromatic heterocycles. The maximum absolute atomic E-state index is 12.0. The van der Waals surface area contributed by atoms with E-state index in [0.717, 1.165) is 5.56 Å². The summed E-state index contributed by atoms with van der Waals surface area (Å²) in [5.41, 5.74) is 7.67. The molecule has 0 spiro atoms. The maximum Gasteiger partial charge on any atom is 0.228 e. The van der Waals surface area contributed by atoms with Crippen molar-refractivity contribution in [2.75, 3.05) is 12.4 Å². The van der Waals surface area contributed by atoms with E-state index < -0.39 is 12.2 Å². The molecular formula is C16H22N6O2. The zero-order chi connectivity index (χ0) is 17.7. The summed E-state index contributed by atoms with van der Waals surface area (Å²) < 4.78 is 5.28. The predicted molar refractivity (Wildman–Crippen MR) is 91.2 cm³/mol. The highest BCUT2D eigenvalue weighted by atomic mass is 16.5. The molecule has 1 aliphatic heterocycles. The number of carbonyl (C=O) groups is 1. The molecule has 1 aliphatic rings. The molecule has 8 heteroatoms. The van der Waals surface area contributed by atoms with Gasteiger partial charge in [-0.2, -0.15) is 5.26 Å². The fourth-order valence-electron chi connectivity index (χ4n) is 2.54. The molecule has 128 valence electrons. The molecule has 0 radical (unpaired) electrons. The topological polar surface area (TPSA) is 125 Å². The number of carbonyl (C=O) groups excluding carboxylic acids is 1. The SMILES string of the molecule is COc1ccc(C)cc1N/C(N)=N\C1NC(=O)C(CC#N)C(C)N1. The lowest BCUT2D eigenvalue weighted by molar-refractivity contribution is -0.129. The number of ether oxygens (including phenoxy) is 1. The Balaban J connectivity index is 2.08. The van der Waals surface area contributed by atoms with Crippen LogP contribution >= 0.6 is 0 Å². The number of amides is 1. The number of benzene rings is 1. The highest BCUT2D eigenvalue weighted by Gasteiger charge is 2.33. The van der Waals surface area contributed by atoms with Gasteiger partial charge in [-0.15, -0.1) is 0 Å². The summed E-state index contributed by atoms with van der Waals surface area (Å²) in [6.45, 7) is 3.80. The van der Waals surface area contributed by atoms with E-state index in [1.807, 2.05) is 38.1 Å². The minimum atomic E-state index is -0.647. The van der Waals surface area contributed by atoms with E-state index >= 15 is 0 Å². The minimum Gasteiger partial charge on any atom is -0.495 e. The Labute approximate surface area is 141 Å². The van der Waals surface area contributed by atoms with Crippen molar-refractivity contribution in [1.82, 2.24) is 10.6 Å². The Kier molecular flexibility index (Phi) is 5.60. The van der Waals surface area contributed by atoms with Crippen LogP contribution < -0.4 is 26.4 Å². The van der Waals surface area contributed by atoms with Gasteiger partial charge < -0.3 is 21.1 Å². The highest BCUT2D eigenvalue weighted by molar-refractivity contribution is 5.94. The van der Waals surface area contributed by atoms with Crippen LogP contribution in [0.25, 0.3) is 0 Å². The predicted octanol–water partition coefficient (Wildman–Crippen LogP) is 0.652. The lowest BCUT2D eigenvalue weighted by atomic mass is 9.95. The van der Waals surface area contributed by atoms with Crippen LogP contribution in [0.5, 0.6) is 5.75 Å². The summed E-state index contributed by atoms with van der Waals surface area (Å²) in [6.07, 6.45) is -0.490. The van der Waals surface area contributed by atoms with Crippen LogP contribution in [-0.2, 0) is 4.79 Å². The Morgan fingerprint density at radius 2 is 2.29 bits per heavy atom. The number of guanidine groups is 1. The average molecular weight is 330 g/mol. The molecule has 1 amide bonds. The maximum atomic E-state index is 12.0. The Morgan fingerprint density at radius 1 is 1.54 bits per heavy atom. The molecule has 0 aliphatic carbocycles. The van der Waals surface area contributed by atoms with Gasteiger partial charge in [-0.3, -0.25) is 10.1 Å². The number of anilines is 1. The van der Waals surface area contributed by atoms with Gasteiger partial charge in [0.2, 0.25) is 5.91 Å². The average Bonchev–Trinajstić information content (AvgIpc) is 2.51. The lowest BCUT2D eigenvalue weighted by Gasteiger charge is -2.32. The molecule has 1 heterocycles. The van der Waals surface area contributed by atoms with Crippen molar-refractivity contribution >= 4 is 17.6 Å². The van der Waals surface area contributed by atoms with Crippen molar-refractivity contribution in [3.63, 3.8) is 0 Å². The number of aliphatic imine (C=N–C) groups is 1. The van der Waals surface area contributed by atoms with E-state index in [0.29, 0.717) is 11.4 Å². The molecule has 0 saturated carbocycles. The van der Waals surface area contributed by atoms with E-state index in [9.17, 15) is 4.79 Å². The molecular weight excluding hydrogens is 308 g/mol. The van der Waals surface area contributed by atoms with Gasteiger partial charge in [0, 0.05) is 12.5 Å². The third-order valence-corrected chi connectivity index (χ3v) is 3.84. The Bertz CT molecular complexity index is 682. The van der Waals surface area contributed by atoms with Crippen molar-refractivity contribution in [3.8, 4) is 11.8 Å². The molecule has 3 unspecified atom stereocenters. The van der Waals surface area contributed by atoms with Crippen LogP contribution in [-0.4, -0.2) is 31.3 Å². The van der Waals surface area contributed by atoms with Crippen molar-refractivity contribution < 1.29 is 9.53 Å². The molecule has 3 atom stereocenters. The lowest BCUT2D eigenvalue weighted by Crippen LogP contribution is -2.60. The number of methoxy groups -OCH3 is 1. The van der Waals surface area contributed by atoms with Gasteiger partial charge in [0.25, 0.3) is 0 Å². The van der Waals surface area contributed by atoms with Crippen molar-refractivity contribution in [3.05, 3.63) is 23.8 Å². The second-order valence-corrected chi connectivity index (χ2v) is 5.68. The van der Waals surface area contributed by atoms with Crippen LogP contribution in [0, 0.1) is 24.2 Å². The normalized spacial score (nSPS) is 24.0. The molecule has 24 heavy (non-hydrogen) atoms. The molecule has 1 aromatic carbocycles. The van der Waals surface area contributed by atoms with Gasteiger partial charge in [0.1, 0.15) is 5.75 Å². The number of nitrogens with two attached hydrogens (primary N) is 1. The standard InChI is InChI=1S/C16H22N6O2/c1-9-4-5-13(24-3)12(8-9)20-15(18)22-16-19-10(2)11(6-7-17)14(23)21-16/h4-5,8,10-11,16,19H,6H2,1-3H3,(H,21,23)(H3,18,20,22). The first-order valence-corrected chi connectivity index (χ1v) is 7.63. The Morgan fingerprint density at radius 3 is 2.92 bits per heavy atom. The molecule has 1 aromatic rings. The van der Waals surface area contributed by atoms with Gasteiger partial charge in [0.05, 0.1) is 24.8 Å². The van der Waals surface area contributed by atoms with E-state index in [1.54, 1.807) is 7.11 Å².